The average molecular weight is 509 g/mol. The van der Waals surface area contributed by atoms with Crippen molar-refractivity contribution in [1.29, 1.82) is 0 Å². The summed E-state index contributed by atoms with van der Waals surface area (Å²) < 4.78 is 0. The molecular formula is C29H37ClN4O2. The highest BCUT2D eigenvalue weighted by Gasteiger charge is 2.18. The van der Waals surface area contributed by atoms with Gasteiger partial charge in [-0.3, -0.25) is 19.5 Å². The molecule has 7 heteroatoms. The molecule has 1 aliphatic heterocycles. The lowest BCUT2D eigenvalue weighted by atomic mass is 10.1. The van der Waals surface area contributed by atoms with Crippen LogP contribution in [-0.4, -0.2) is 54.6 Å². The highest BCUT2D eigenvalue weighted by molar-refractivity contribution is 6.30. The van der Waals surface area contributed by atoms with E-state index in [2.05, 4.69) is 27.1 Å². The van der Waals surface area contributed by atoms with Gasteiger partial charge < -0.3 is 10.6 Å². The number of halogens is 1. The summed E-state index contributed by atoms with van der Waals surface area (Å²) in [5.74, 6) is -0.223. The van der Waals surface area contributed by atoms with Crippen molar-refractivity contribution in [3.63, 3.8) is 0 Å². The maximum atomic E-state index is 12.8. The normalized spacial score (nSPS) is 14.9. The maximum Gasteiger partial charge on any atom is 0.247 e. The molecule has 0 radical (unpaired) electrons. The number of aryl methyl sites for hydroxylation is 1. The van der Waals surface area contributed by atoms with E-state index in [1.54, 1.807) is 0 Å². The lowest BCUT2D eigenvalue weighted by Crippen LogP contribution is -2.45. The molecule has 1 aliphatic rings. The largest absolute Gasteiger partial charge is 0.351 e. The molecule has 3 rings (SSSR count). The maximum absolute atomic E-state index is 12.8. The zero-order valence-electron chi connectivity index (χ0n) is 21.4. The van der Waals surface area contributed by atoms with Crippen LogP contribution >= 0.6 is 11.6 Å². The fraction of sp³-hybridized carbons (Fsp3) is 0.414. The number of aliphatic imine (C=N–C) groups is 1. The van der Waals surface area contributed by atoms with Crippen LogP contribution in [0, 0.1) is 6.92 Å². The molecule has 2 N–H and O–H groups in total. The van der Waals surface area contributed by atoms with Crippen molar-refractivity contribution in [3.05, 3.63) is 76.8 Å². The summed E-state index contributed by atoms with van der Waals surface area (Å²) in [7, 11) is 0. The van der Waals surface area contributed by atoms with Crippen LogP contribution in [0.25, 0.3) is 0 Å². The second-order valence-electron chi connectivity index (χ2n) is 9.53. The Morgan fingerprint density at radius 2 is 1.83 bits per heavy atom. The zero-order chi connectivity index (χ0) is 25.9. The predicted molar refractivity (Wildman–Crippen MR) is 148 cm³/mol. The number of likely N-dealkylation sites (tertiary alicyclic amines) is 1. The molecule has 1 heterocycles. The highest BCUT2D eigenvalue weighted by Crippen LogP contribution is 2.23. The monoisotopic (exact) mass is 508 g/mol. The van der Waals surface area contributed by atoms with Gasteiger partial charge in [0.15, 0.2) is 0 Å². The molecule has 2 aromatic carbocycles. The van der Waals surface area contributed by atoms with Crippen molar-refractivity contribution in [2.75, 3.05) is 26.2 Å². The summed E-state index contributed by atoms with van der Waals surface area (Å²) >= 11 is 6.03. The van der Waals surface area contributed by atoms with E-state index in [9.17, 15) is 9.59 Å². The molecule has 1 unspecified atom stereocenters. The fourth-order valence-corrected chi connectivity index (χ4v) is 4.52. The number of nitrogens with one attached hydrogen (secondary N) is 2. The third-order valence-electron chi connectivity index (χ3n) is 6.32. The predicted octanol–water partition coefficient (Wildman–Crippen LogP) is 5.02. The Morgan fingerprint density at radius 3 is 2.53 bits per heavy atom. The molecule has 0 aromatic heterocycles. The standard InChI is InChI=1S/C29H37ClN4O2/c1-21-17-25(30)12-13-27(21)32-23(3)11-14-28(35)33-26(18-24-9-5-4-6-10-24)19-31-29(36)22(2)20-34-15-7-8-16-34/h4-6,9-10,12-13,17,26H,2,7-8,11,14-16,18-20H2,1,3H3,(H,31,36)(H,33,35)/b32-23+. The molecule has 2 aromatic rings. The number of hydrogen-bond acceptors (Lipinski definition) is 4. The molecule has 2 amide bonds. The molecular weight excluding hydrogens is 472 g/mol. The van der Waals surface area contributed by atoms with Gasteiger partial charge in [0.25, 0.3) is 0 Å². The SMILES string of the molecule is C=C(CN1CCCC1)C(=O)NCC(Cc1ccccc1)NC(=O)CC/C(C)=N/c1ccc(Cl)cc1C. The van der Waals surface area contributed by atoms with Gasteiger partial charge in [-0.2, -0.15) is 0 Å². The molecule has 0 bridgehead atoms. The van der Waals surface area contributed by atoms with Gasteiger partial charge in [0.05, 0.1) is 11.7 Å². The first kappa shape index (κ1) is 27.6. The number of carbonyl (C=O) groups is 2. The van der Waals surface area contributed by atoms with Crippen molar-refractivity contribution in [2.45, 2.75) is 52.0 Å². The minimum Gasteiger partial charge on any atom is -0.351 e. The van der Waals surface area contributed by atoms with Crippen molar-refractivity contribution in [1.82, 2.24) is 15.5 Å². The molecule has 36 heavy (non-hydrogen) atoms. The lowest BCUT2D eigenvalue weighted by molar-refractivity contribution is -0.122. The second kappa shape index (κ2) is 14.0. The van der Waals surface area contributed by atoms with Gasteiger partial charge in [-0.1, -0.05) is 48.5 Å². The van der Waals surface area contributed by atoms with Crippen molar-refractivity contribution in [3.8, 4) is 0 Å². The summed E-state index contributed by atoms with van der Waals surface area (Å²) in [4.78, 5) is 32.3. The lowest BCUT2D eigenvalue weighted by Gasteiger charge is -2.21. The Balaban J connectivity index is 1.54. The number of benzene rings is 2. The fourth-order valence-electron chi connectivity index (χ4n) is 4.30. The molecule has 1 atom stereocenters. The first-order chi connectivity index (χ1) is 17.3. The number of amides is 2. The Bertz CT molecular complexity index is 1080. The van der Waals surface area contributed by atoms with E-state index < -0.39 is 0 Å². The minimum absolute atomic E-state index is 0.0662. The van der Waals surface area contributed by atoms with E-state index in [1.165, 1.54) is 12.8 Å². The molecule has 0 saturated carbocycles. The van der Waals surface area contributed by atoms with Gasteiger partial charge in [-0.05, 0) is 81.9 Å². The zero-order valence-corrected chi connectivity index (χ0v) is 22.1. The molecule has 6 nitrogen and oxygen atoms in total. The van der Waals surface area contributed by atoms with Crippen LogP contribution in [0.5, 0.6) is 0 Å². The summed E-state index contributed by atoms with van der Waals surface area (Å²) in [6, 6.07) is 15.3. The number of nitrogens with zero attached hydrogens (tertiary/aromatic N) is 2. The van der Waals surface area contributed by atoms with Gasteiger partial charge in [0.1, 0.15) is 0 Å². The Kier molecular flexibility index (Phi) is 10.7. The summed E-state index contributed by atoms with van der Waals surface area (Å²) in [5, 5.41) is 6.76. The average Bonchev–Trinajstić information content (AvgIpc) is 3.36. The second-order valence-corrected chi connectivity index (χ2v) is 9.97. The first-order valence-electron chi connectivity index (χ1n) is 12.6. The summed E-state index contributed by atoms with van der Waals surface area (Å²) in [5.41, 5.74) is 4.39. The Morgan fingerprint density at radius 1 is 1.11 bits per heavy atom. The van der Waals surface area contributed by atoms with E-state index in [1.807, 2.05) is 62.4 Å². The van der Waals surface area contributed by atoms with E-state index in [0.717, 1.165) is 35.6 Å². The van der Waals surface area contributed by atoms with Crippen molar-refractivity contribution >= 4 is 34.8 Å². The number of carbonyl (C=O) groups excluding carboxylic acids is 2. The number of hydrogen-bond donors (Lipinski definition) is 2. The van der Waals surface area contributed by atoms with Crippen LogP contribution in [0.1, 0.15) is 43.7 Å². The van der Waals surface area contributed by atoms with Crippen molar-refractivity contribution in [2.24, 2.45) is 4.99 Å². The summed E-state index contributed by atoms with van der Waals surface area (Å²) in [6.07, 6.45) is 3.84. The topological polar surface area (TPSA) is 73.8 Å². The van der Waals surface area contributed by atoms with E-state index >= 15 is 0 Å². The third-order valence-corrected chi connectivity index (χ3v) is 6.55. The molecule has 192 valence electrons. The van der Waals surface area contributed by atoms with Crippen LogP contribution in [0.15, 0.2) is 65.7 Å². The highest BCUT2D eigenvalue weighted by atomic mass is 35.5. The van der Waals surface area contributed by atoms with E-state index in [-0.39, 0.29) is 17.9 Å². The minimum atomic E-state index is -0.223. The van der Waals surface area contributed by atoms with Gasteiger partial charge in [0, 0.05) is 35.8 Å². The van der Waals surface area contributed by atoms with Gasteiger partial charge in [0.2, 0.25) is 11.8 Å². The van der Waals surface area contributed by atoms with Gasteiger partial charge in [-0.25, -0.2) is 0 Å². The van der Waals surface area contributed by atoms with Gasteiger partial charge >= 0.3 is 0 Å². The van der Waals surface area contributed by atoms with E-state index in [0.29, 0.717) is 42.9 Å². The Labute approximate surface area is 219 Å². The van der Waals surface area contributed by atoms with E-state index in [4.69, 9.17) is 11.6 Å². The molecule has 0 spiro atoms. The quantitative estimate of drug-likeness (QED) is 0.312. The van der Waals surface area contributed by atoms with Crippen LogP contribution in [0.3, 0.4) is 0 Å². The van der Waals surface area contributed by atoms with Gasteiger partial charge in [-0.15, -0.1) is 0 Å². The summed E-state index contributed by atoms with van der Waals surface area (Å²) in [6.45, 7) is 10.8. The molecule has 0 aliphatic carbocycles. The van der Waals surface area contributed by atoms with Crippen LogP contribution < -0.4 is 10.6 Å². The molecule has 1 saturated heterocycles. The number of rotatable bonds is 12. The smallest absolute Gasteiger partial charge is 0.247 e. The third kappa shape index (κ3) is 9.25. The van der Waals surface area contributed by atoms with Crippen molar-refractivity contribution < 1.29 is 9.59 Å². The van der Waals surface area contributed by atoms with Crippen LogP contribution in [0.2, 0.25) is 5.02 Å². The first-order valence-corrected chi connectivity index (χ1v) is 13.0. The Hall–Kier alpha value is -2.96. The van der Waals surface area contributed by atoms with Crippen LogP contribution in [-0.2, 0) is 16.0 Å². The van der Waals surface area contributed by atoms with Crippen LogP contribution in [0.4, 0.5) is 5.69 Å². The molecule has 1 fully saturated rings.